The number of amides is 1. The van der Waals surface area contributed by atoms with Gasteiger partial charge in [0.15, 0.2) is 0 Å². The lowest BCUT2D eigenvalue weighted by Gasteiger charge is -2.13. The summed E-state index contributed by atoms with van der Waals surface area (Å²) in [5, 5.41) is 0. The van der Waals surface area contributed by atoms with Crippen LogP contribution in [0.25, 0.3) is 0 Å². The van der Waals surface area contributed by atoms with E-state index in [0.29, 0.717) is 18.0 Å². The highest BCUT2D eigenvalue weighted by molar-refractivity contribution is 7.80. The molecule has 10 heavy (non-hydrogen) atoms. The number of carbonyl (C=O) groups excluding carboxylic acids is 1. The molecule has 4 heteroatoms. The summed E-state index contributed by atoms with van der Waals surface area (Å²) in [5.41, 5.74) is 5.27. The Balaban J connectivity index is 2.40. The normalized spacial score (nSPS) is 18.0. The smallest absolute Gasteiger partial charge is 0.223 e. The van der Waals surface area contributed by atoms with Crippen molar-refractivity contribution in [2.24, 2.45) is 5.73 Å². The first-order valence-corrected chi connectivity index (χ1v) is 3.67. The first-order chi connectivity index (χ1) is 4.70. The molecule has 0 aliphatic carbocycles. The lowest BCUT2D eigenvalue weighted by atomic mass is 10.4. The third kappa shape index (κ3) is 1.67. The summed E-state index contributed by atoms with van der Waals surface area (Å²) >= 11 is 4.67. The number of hydrogen-bond acceptors (Lipinski definition) is 2. The minimum absolute atomic E-state index is 0.174. The van der Waals surface area contributed by atoms with Crippen molar-refractivity contribution in [3.8, 4) is 0 Å². The number of hydrogen-bond donors (Lipinski definition) is 1. The van der Waals surface area contributed by atoms with Crippen LogP contribution >= 0.6 is 12.2 Å². The topological polar surface area (TPSA) is 46.3 Å². The van der Waals surface area contributed by atoms with E-state index in [9.17, 15) is 4.79 Å². The molecule has 1 heterocycles. The minimum atomic E-state index is 0.174. The van der Waals surface area contributed by atoms with Crippen molar-refractivity contribution in [3.05, 3.63) is 0 Å². The first-order valence-electron chi connectivity index (χ1n) is 3.26. The molecule has 0 atom stereocenters. The SMILES string of the molecule is NC(=S)CN1CCCC1=O. The predicted molar refractivity (Wildman–Crippen MR) is 42.6 cm³/mol. The van der Waals surface area contributed by atoms with Crippen molar-refractivity contribution in [2.45, 2.75) is 12.8 Å². The molecule has 1 fully saturated rings. The highest BCUT2D eigenvalue weighted by Crippen LogP contribution is 2.07. The van der Waals surface area contributed by atoms with E-state index in [2.05, 4.69) is 12.2 Å². The van der Waals surface area contributed by atoms with E-state index in [4.69, 9.17) is 5.73 Å². The molecule has 1 amide bonds. The van der Waals surface area contributed by atoms with E-state index >= 15 is 0 Å². The maximum atomic E-state index is 10.9. The van der Waals surface area contributed by atoms with Gasteiger partial charge in [0.05, 0.1) is 11.5 Å². The van der Waals surface area contributed by atoms with Crippen LogP contribution in [-0.4, -0.2) is 28.9 Å². The Labute approximate surface area is 65.2 Å². The fourth-order valence-corrected chi connectivity index (χ4v) is 1.22. The molecule has 3 nitrogen and oxygen atoms in total. The molecule has 0 spiro atoms. The predicted octanol–water partition coefficient (Wildman–Crippen LogP) is -0.105. The molecule has 1 saturated heterocycles. The summed E-state index contributed by atoms with van der Waals surface area (Å²) < 4.78 is 0. The molecule has 0 aromatic rings. The highest BCUT2D eigenvalue weighted by atomic mass is 32.1. The van der Waals surface area contributed by atoms with Gasteiger partial charge in [-0.3, -0.25) is 4.79 Å². The summed E-state index contributed by atoms with van der Waals surface area (Å²) in [6.07, 6.45) is 1.60. The average molecular weight is 158 g/mol. The Hall–Kier alpha value is -0.640. The van der Waals surface area contributed by atoms with E-state index in [1.165, 1.54) is 0 Å². The molecule has 1 rings (SSSR count). The van der Waals surface area contributed by atoms with Crippen LogP contribution in [0.4, 0.5) is 0 Å². The molecule has 0 radical (unpaired) electrons. The third-order valence-electron chi connectivity index (χ3n) is 1.52. The van der Waals surface area contributed by atoms with Crippen LogP contribution in [0.2, 0.25) is 0 Å². The summed E-state index contributed by atoms with van der Waals surface area (Å²) in [4.78, 5) is 13.0. The van der Waals surface area contributed by atoms with Gasteiger partial charge in [0.1, 0.15) is 0 Å². The highest BCUT2D eigenvalue weighted by Gasteiger charge is 2.19. The standard InChI is InChI=1S/C6H10N2OS/c7-5(10)4-8-3-1-2-6(8)9/h1-4H2,(H2,7,10). The van der Waals surface area contributed by atoms with Crippen molar-refractivity contribution in [1.82, 2.24) is 4.90 Å². The molecule has 56 valence electrons. The van der Waals surface area contributed by atoms with E-state index in [1.807, 2.05) is 0 Å². The fraction of sp³-hybridized carbons (Fsp3) is 0.667. The van der Waals surface area contributed by atoms with Crippen LogP contribution in [-0.2, 0) is 4.79 Å². The van der Waals surface area contributed by atoms with Gasteiger partial charge in [0.25, 0.3) is 0 Å². The molecule has 0 aromatic carbocycles. The van der Waals surface area contributed by atoms with Gasteiger partial charge in [-0.25, -0.2) is 0 Å². The Morgan fingerprint density at radius 1 is 1.80 bits per heavy atom. The van der Waals surface area contributed by atoms with Crippen molar-refractivity contribution in [3.63, 3.8) is 0 Å². The number of nitrogens with zero attached hydrogens (tertiary/aromatic N) is 1. The monoisotopic (exact) mass is 158 g/mol. The molecule has 0 unspecified atom stereocenters. The van der Waals surface area contributed by atoms with Gasteiger partial charge in [-0.15, -0.1) is 0 Å². The summed E-state index contributed by atoms with van der Waals surface area (Å²) in [6.45, 7) is 1.27. The number of nitrogens with two attached hydrogens (primary N) is 1. The Morgan fingerprint density at radius 3 is 2.90 bits per heavy atom. The lowest BCUT2D eigenvalue weighted by Crippen LogP contribution is -2.33. The largest absolute Gasteiger partial charge is 0.392 e. The number of likely N-dealkylation sites (tertiary alicyclic amines) is 1. The summed E-state index contributed by atoms with van der Waals surface area (Å²) in [5.74, 6) is 0.174. The molecular weight excluding hydrogens is 148 g/mol. The maximum absolute atomic E-state index is 10.9. The van der Waals surface area contributed by atoms with Crippen LogP contribution in [0, 0.1) is 0 Å². The van der Waals surface area contributed by atoms with Gasteiger partial charge in [0.2, 0.25) is 5.91 Å². The van der Waals surface area contributed by atoms with Crippen LogP contribution in [0.5, 0.6) is 0 Å². The van der Waals surface area contributed by atoms with Gasteiger partial charge in [-0.05, 0) is 6.42 Å². The molecule has 0 aromatic heterocycles. The summed E-state index contributed by atoms with van der Waals surface area (Å²) in [6, 6.07) is 0. The van der Waals surface area contributed by atoms with Crippen LogP contribution in [0.1, 0.15) is 12.8 Å². The van der Waals surface area contributed by atoms with Crippen LogP contribution in [0.15, 0.2) is 0 Å². The third-order valence-corrected chi connectivity index (χ3v) is 1.65. The lowest BCUT2D eigenvalue weighted by molar-refractivity contribution is -0.127. The van der Waals surface area contributed by atoms with Gasteiger partial charge >= 0.3 is 0 Å². The van der Waals surface area contributed by atoms with Crippen molar-refractivity contribution in [1.29, 1.82) is 0 Å². The molecule has 0 saturated carbocycles. The van der Waals surface area contributed by atoms with E-state index in [1.54, 1.807) is 4.90 Å². The van der Waals surface area contributed by atoms with Gasteiger partial charge in [-0.2, -0.15) is 0 Å². The first kappa shape index (κ1) is 7.47. The van der Waals surface area contributed by atoms with Crippen LogP contribution in [0.3, 0.4) is 0 Å². The Bertz CT molecular complexity index is 169. The van der Waals surface area contributed by atoms with Crippen LogP contribution < -0.4 is 5.73 Å². The zero-order chi connectivity index (χ0) is 7.56. The van der Waals surface area contributed by atoms with E-state index < -0.39 is 0 Å². The minimum Gasteiger partial charge on any atom is -0.392 e. The van der Waals surface area contributed by atoms with E-state index in [-0.39, 0.29) is 5.91 Å². The van der Waals surface area contributed by atoms with Crippen molar-refractivity contribution >= 4 is 23.1 Å². The van der Waals surface area contributed by atoms with Gasteiger partial charge in [-0.1, -0.05) is 12.2 Å². The molecule has 1 aliphatic heterocycles. The Morgan fingerprint density at radius 2 is 2.50 bits per heavy atom. The summed E-state index contributed by atoms with van der Waals surface area (Å²) in [7, 11) is 0. The maximum Gasteiger partial charge on any atom is 0.223 e. The second-order valence-corrected chi connectivity index (χ2v) is 2.91. The van der Waals surface area contributed by atoms with Gasteiger partial charge < -0.3 is 10.6 Å². The molecule has 2 N–H and O–H groups in total. The molecule has 0 bridgehead atoms. The molecular formula is C6H10N2OS. The zero-order valence-electron chi connectivity index (χ0n) is 5.67. The fourth-order valence-electron chi connectivity index (χ4n) is 1.06. The van der Waals surface area contributed by atoms with Crippen molar-refractivity contribution in [2.75, 3.05) is 13.1 Å². The van der Waals surface area contributed by atoms with E-state index in [0.717, 1.165) is 13.0 Å². The molecule has 1 aliphatic rings. The number of rotatable bonds is 2. The zero-order valence-corrected chi connectivity index (χ0v) is 6.49. The second kappa shape index (κ2) is 2.96. The number of carbonyl (C=O) groups is 1. The second-order valence-electron chi connectivity index (χ2n) is 2.39. The number of thiocarbonyl (C=S) groups is 1. The Kier molecular flexibility index (Phi) is 2.21. The van der Waals surface area contributed by atoms with Crippen molar-refractivity contribution < 1.29 is 4.79 Å². The quantitative estimate of drug-likeness (QED) is 0.571. The average Bonchev–Trinajstić information content (AvgIpc) is 2.15. The van der Waals surface area contributed by atoms with Gasteiger partial charge in [0, 0.05) is 13.0 Å².